The molecule has 0 unspecified atom stereocenters. The summed E-state index contributed by atoms with van der Waals surface area (Å²) in [4.78, 5) is 38.6. The lowest BCUT2D eigenvalue weighted by atomic mass is 10.0. The highest BCUT2D eigenvalue weighted by molar-refractivity contribution is 5.99. The fourth-order valence-corrected chi connectivity index (χ4v) is 5.81. The van der Waals surface area contributed by atoms with Crippen molar-refractivity contribution >= 4 is 47.5 Å². The fourth-order valence-electron chi connectivity index (χ4n) is 5.81. The Morgan fingerprint density at radius 1 is 1.00 bits per heavy atom. The zero-order valence-electron chi connectivity index (χ0n) is 21.6. The number of nitrogens with one attached hydrogen (secondary N) is 1. The number of H-pyrrole nitrogens is 1. The molecule has 5 rings (SSSR count). The van der Waals surface area contributed by atoms with E-state index in [2.05, 4.69) is 21.8 Å². The van der Waals surface area contributed by atoms with Crippen LogP contribution in [0.3, 0.4) is 0 Å². The van der Waals surface area contributed by atoms with Gasteiger partial charge in [-0.1, -0.05) is 18.9 Å². The highest BCUT2D eigenvalue weighted by atomic mass is 35.5. The van der Waals surface area contributed by atoms with Gasteiger partial charge in [0, 0.05) is 55.5 Å². The van der Waals surface area contributed by atoms with Gasteiger partial charge in [-0.05, 0) is 69.4 Å². The molecule has 0 bridgehead atoms. The van der Waals surface area contributed by atoms with Crippen LogP contribution in [0, 0.1) is 0 Å². The van der Waals surface area contributed by atoms with Crippen molar-refractivity contribution in [1.82, 2.24) is 24.6 Å². The van der Waals surface area contributed by atoms with Gasteiger partial charge in [0.15, 0.2) is 0 Å². The van der Waals surface area contributed by atoms with Crippen molar-refractivity contribution in [3.8, 4) is 0 Å². The third-order valence-electron chi connectivity index (χ3n) is 7.94. The van der Waals surface area contributed by atoms with E-state index in [1.54, 1.807) is 6.07 Å². The molecule has 3 aliphatic rings. The molecule has 2 amide bonds. The molecule has 0 radical (unpaired) electrons. The normalized spacial score (nSPS) is 20.8. The number of rotatable bonds is 5. The number of fused-ring (bicyclic) bond motifs is 1. The Bertz CT molecular complexity index is 1030. The number of piperidine rings is 1. The third kappa shape index (κ3) is 6.31. The molecule has 1 aliphatic carbocycles. The van der Waals surface area contributed by atoms with Gasteiger partial charge in [0.05, 0.1) is 1.37 Å². The summed E-state index contributed by atoms with van der Waals surface area (Å²) in [6.07, 6.45) is 6.89. The van der Waals surface area contributed by atoms with Crippen molar-refractivity contribution in [2.75, 3.05) is 52.9 Å². The first-order valence-electron chi connectivity index (χ1n) is 13.1. The zero-order chi connectivity index (χ0) is 23.7. The molecule has 7 nitrogen and oxygen atoms in total. The topological polar surface area (TPSA) is 62.9 Å². The molecule has 0 atom stereocenters. The van der Waals surface area contributed by atoms with E-state index in [1.165, 1.54) is 12.8 Å². The van der Waals surface area contributed by atoms with Gasteiger partial charge in [-0.2, -0.15) is 0 Å². The quantitative estimate of drug-likeness (QED) is 0.648. The summed E-state index contributed by atoms with van der Waals surface area (Å²) >= 11 is 0. The lowest BCUT2D eigenvalue weighted by Gasteiger charge is -2.42. The van der Waals surface area contributed by atoms with Crippen LogP contribution in [0.4, 0.5) is 0 Å². The van der Waals surface area contributed by atoms with Crippen LogP contribution in [0.15, 0.2) is 30.4 Å². The van der Waals surface area contributed by atoms with Crippen LogP contribution in [0.2, 0.25) is 0 Å². The number of aromatic nitrogens is 1. The maximum absolute atomic E-state index is 13.6. The van der Waals surface area contributed by atoms with E-state index in [4.69, 9.17) is 1.37 Å². The highest BCUT2D eigenvalue weighted by Crippen LogP contribution is 2.26. The predicted octanol–water partition coefficient (Wildman–Crippen LogP) is 3.63. The van der Waals surface area contributed by atoms with Crippen molar-refractivity contribution in [2.24, 2.45) is 0 Å². The number of nitrogens with zero attached hydrogens (tertiary/aromatic N) is 4. The molecule has 194 valence electrons. The Morgan fingerprint density at radius 2 is 1.69 bits per heavy atom. The first kappa shape index (κ1) is 26.3. The maximum Gasteiger partial charge on any atom is 0.254 e. The second kappa shape index (κ2) is 12.4. The minimum atomic E-state index is -0.0757. The molecule has 3 fully saturated rings. The van der Waals surface area contributed by atoms with E-state index in [0.717, 1.165) is 75.9 Å². The van der Waals surface area contributed by atoms with Crippen LogP contribution in [-0.2, 0) is 4.79 Å². The van der Waals surface area contributed by atoms with Crippen LogP contribution in [-0.4, -0.2) is 101 Å². The van der Waals surface area contributed by atoms with Gasteiger partial charge < -0.3 is 19.7 Å². The van der Waals surface area contributed by atoms with Crippen molar-refractivity contribution in [2.45, 2.75) is 50.6 Å². The largest absolute Gasteiger partial charge is 0.361 e. The minimum Gasteiger partial charge on any atom is -0.361 e. The third-order valence-corrected chi connectivity index (χ3v) is 7.94. The number of hydrogen-bond acceptors (Lipinski definition) is 4. The Kier molecular flexibility index (Phi) is 9.34. The molecule has 1 saturated carbocycles. The summed E-state index contributed by atoms with van der Waals surface area (Å²) < 4.78 is 7.81. The summed E-state index contributed by atoms with van der Waals surface area (Å²) in [5, 5.41) is 0.924. The summed E-state index contributed by atoms with van der Waals surface area (Å²) in [5.41, 5.74) is 1.37. The SMILES string of the molecule is Cl.Cl.[2H]c1cc2ccc(C(=O)N(CC(=O)N3CCN(C4CCN(C)CC4)CC3)C3CCCC3)cc2[nH]1. The van der Waals surface area contributed by atoms with Crippen LogP contribution in [0.25, 0.3) is 10.9 Å². The van der Waals surface area contributed by atoms with E-state index in [1.807, 2.05) is 28.0 Å². The summed E-state index contributed by atoms with van der Waals surface area (Å²) in [5.74, 6) is -0.00841. The summed E-state index contributed by atoms with van der Waals surface area (Å²) in [7, 11) is 2.19. The molecule has 2 aliphatic heterocycles. The number of amides is 2. The minimum absolute atomic E-state index is 0. The number of hydrogen-bond donors (Lipinski definition) is 1. The molecule has 2 saturated heterocycles. The monoisotopic (exact) mass is 524 g/mol. The van der Waals surface area contributed by atoms with E-state index in [9.17, 15) is 9.59 Å². The first-order valence-corrected chi connectivity index (χ1v) is 12.6. The Labute approximate surface area is 222 Å². The van der Waals surface area contributed by atoms with Gasteiger partial charge in [0.25, 0.3) is 5.91 Å². The number of carbonyl (C=O) groups excluding carboxylic acids is 2. The molecule has 35 heavy (non-hydrogen) atoms. The van der Waals surface area contributed by atoms with Crippen molar-refractivity contribution in [3.63, 3.8) is 0 Å². The van der Waals surface area contributed by atoms with Gasteiger partial charge in [0.2, 0.25) is 5.91 Å². The van der Waals surface area contributed by atoms with E-state index < -0.39 is 0 Å². The molecule has 2 aromatic rings. The highest BCUT2D eigenvalue weighted by Gasteiger charge is 2.33. The van der Waals surface area contributed by atoms with Gasteiger partial charge >= 0.3 is 0 Å². The number of benzene rings is 1. The second-order valence-corrected chi connectivity index (χ2v) is 10.0. The van der Waals surface area contributed by atoms with Crippen molar-refractivity contribution in [3.05, 3.63) is 36.0 Å². The van der Waals surface area contributed by atoms with Gasteiger partial charge in [-0.3, -0.25) is 14.5 Å². The zero-order valence-corrected chi connectivity index (χ0v) is 22.2. The fraction of sp³-hybridized carbons (Fsp3) is 0.615. The van der Waals surface area contributed by atoms with Gasteiger partial charge in [-0.15, -0.1) is 24.8 Å². The maximum atomic E-state index is 13.6. The molecular formula is C26H39Cl2N5O2. The number of halogens is 2. The lowest BCUT2D eigenvalue weighted by Crippen LogP contribution is -2.56. The standard InChI is InChI=1S/C26H37N5O2.2ClH/c1-28-12-9-22(10-13-28)29-14-16-30(17-15-29)25(32)19-31(23-4-2-3-5-23)26(33)21-7-6-20-8-11-27-24(20)18-21;;/h6-8,11,18,22-23,27H,2-5,9-10,12-17,19H2,1H3;2*1H/i11D;;. The summed E-state index contributed by atoms with van der Waals surface area (Å²) in [6.45, 7) is 5.81. The average molecular weight is 526 g/mol. The number of aromatic amines is 1. The average Bonchev–Trinajstić information content (AvgIpc) is 3.51. The van der Waals surface area contributed by atoms with Crippen LogP contribution in [0.5, 0.6) is 0 Å². The Morgan fingerprint density at radius 3 is 2.37 bits per heavy atom. The molecule has 1 aromatic carbocycles. The smallest absolute Gasteiger partial charge is 0.254 e. The van der Waals surface area contributed by atoms with Gasteiger partial charge in [-0.25, -0.2) is 0 Å². The Balaban J connectivity index is 0.00000180. The predicted molar refractivity (Wildman–Crippen MR) is 145 cm³/mol. The van der Waals surface area contributed by atoms with Crippen molar-refractivity contribution in [1.29, 1.82) is 0 Å². The number of likely N-dealkylation sites (tertiary alicyclic amines) is 1. The number of piperazine rings is 1. The molecule has 1 N–H and O–H groups in total. The van der Waals surface area contributed by atoms with Crippen LogP contribution >= 0.6 is 24.8 Å². The van der Waals surface area contributed by atoms with E-state index >= 15 is 0 Å². The Hall–Kier alpha value is -1.80. The van der Waals surface area contributed by atoms with Crippen molar-refractivity contribution < 1.29 is 11.0 Å². The van der Waals surface area contributed by atoms with Crippen LogP contribution < -0.4 is 0 Å². The molecule has 3 heterocycles. The van der Waals surface area contributed by atoms with E-state index in [0.29, 0.717) is 17.8 Å². The molecule has 0 spiro atoms. The number of carbonyl (C=O) groups is 2. The van der Waals surface area contributed by atoms with Crippen LogP contribution in [0.1, 0.15) is 50.3 Å². The first-order chi connectivity index (χ1) is 16.5. The molecular weight excluding hydrogens is 485 g/mol. The van der Waals surface area contributed by atoms with E-state index in [-0.39, 0.29) is 49.2 Å². The second-order valence-electron chi connectivity index (χ2n) is 10.0. The lowest BCUT2D eigenvalue weighted by molar-refractivity contribution is -0.134. The molecule has 9 heteroatoms. The molecule has 1 aromatic heterocycles. The summed E-state index contributed by atoms with van der Waals surface area (Å²) in [6, 6.07) is 8.05. The van der Waals surface area contributed by atoms with Gasteiger partial charge in [0.1, 0.15) is 6.54 Å².